The number of halogens is 1. The van der Waals surface area contributed by atoms with Gasteiger partial charge in [-0.05, 0) is 63.0 Å². The second kappa shape index (κ2) is 7.25. The van der Waals surface area contributed by atoms with Crippen molar-refractivity contribution in [3.63, 3.8) is 0 Å². The summed E-state index contributed by atoms with van der Waals surface area (Å²) in [6.07, 6.45) is 2.47. The molecule has 1 aliphatic rings. The van der Waals surface area contributed by atoms with Gasteiger partial charge in [-0.3, -0.25) is 14.3 Å². The molecule has 3 heterocycles. The molecule has 0 spiro atoms. The van der Waals surface area contributed by atoms with E-state index in [0.717, 1.165) is 51.3 Å². The van der Waals surface area contributed by atoms with Crippen LogP contribution < -0.4 is 5.56 Å². The van der Waals surface area contributed by atoms with Crippen molar-refractivity contribution in [3.05, 3.63) is 60.9 Å². The van der Waals surface area contributed by atoms with E-state index >= 15 is 0 Å². The van der Waals surface area contributed by atoms with Crippen LogP contribution in [-0.2, 0) is 13.1 Å². The van der Waals surface area contributed by atoms with Gasteiger partial charge in [-0.15, -0.1) is 11.3 Å². The molecule has 0 N–H and O–H groups in total. The van der Waals surface area contributed by atoms with Crippen LogP contribution in [0.15, 0.2) is 33.5 Å². The van der Waals surface area contributed by atoms with Crippen molar-refractivity contribution < 1.29 is 0 Å². The van der Waals surface area contributed by atoms with Crippen LogP contribution in [0.25, 0.3) is 10.2 Å². The molecule has 0 radical (unpaired) electrons. The first kappa shape index (κ1) is 17.9. The molecule has 4 rings (SSSR count). The molecule has 4 nitrogen and oxygen atoms in total. The number of nitrogens with zero attached hydrogens (tertiary/aromatic N) is 3. The SMILES string of the molecule is Cc1sc2nc(CN3CCCC3)n(Cc3ccc(Br)cc3)c(=O)c2c1C. The lowest BCUT2D eigenvalue weighted by atomic mass is 10.2. The van der Waals surface area contributed by atoms with Crippen molar-refractivity contribution in [2.75, 3.05) is 13.1 Å². The quantitative estimate of drug-likeness (QED) is 0.610. The predicted molar refractivity (Wildman–Crippen MR) is 111 cm³/mol. The molecule has 3 aromatic rings. The fourth-order valence-electron chi connectivity index (χ4n) is 3.57. The summed E-state index contributed by atoms with van der Waals surface area (Å²) in [5, 5.41) is 0.787. The van der Waals surface area contributed by atoms with E-state index in [0.29, 0.717) is 6.54 Å². The number of aromatic nitrogens is 2. The van der Waals surface area contributed by atoms with Crippen LogP contribution in [-0.4, -0.2) is 27.5 Å². The van der Waals surface area contributed by atoms with E-state index in [1.54, 1.807) is 11.3 Å². The Labute approximate surface area is 165 Å². The average Bonchev–Trinajstić information content (AvgIpc) is 3.22. The van der Waals surface area contributed by atoms with Gasteiger partial charge in [0.15, 0.2) is 0 Å². The maximum absolute atomic E-state index is 13.3. The first-order valence-electron chi connectivity index (χ1n) is 8.99. The molecule has 1 saturated heterocycles. The van der Waals surface area contributed by atoms with Crippen LogP contribution in [0.2, 0.25) is 0 Å². The van der Waals surface area contributed by atoms with E-state index in [2.05, 4.69) is 39.9 Å². The van der Waals surface area contributed by atoms with Crippen molar-refractivity contribution >= 4 is 37.5 Å². The zero-order valence-electron chi connectivity index (χ0n) is 15.1. The van der Waals surface area contributed by atoms with Crippen LogP contribution in [0.4, 0.5) is 0 Å². The molecule has 2 aromatic heterocycles. The van der Waals surface area contributed by atoms with E-state index in [4.69, 9.17) is 4.98 Å². The van der Waals surface area contributed by atoms with Gasteiger partial charge in [0.2, 0.25) is 0 Å². The third-order valence-corrected chi connectivity index (χ3v) is 6.82. The number of hydrogen-bond acceptors (Lipinski definition) is 4. The molecular weight excluding hydrogens is 410 g/mol. The summed E-state index contributed by atoms with van der Waals surface area (Å²) in [6.45, 7) is 7.59. The highest BCUT2D eigenvalue weighted by Crippen LogP contribution is 2.27. The fourth-order valence-corrected chi connectivity index (χ4v) is 4.87. The third-order valence-electron chi connectivity index (χ3n) is 5.19. The standard InChI is InChI=1S/C20H22BrN3OS/c1-13-14(2)26-19-18(13)20(25)24(11-15-5-7-16(21)8-6-15)17(22-19)12-23-9-3-4-10-23/h5-8H,3-4,9-12H2,1-2H3. The van der Waals surface area contributed by atoms with Gasteiger partial charge in [-0.1, -0.05) is 28.1 Å². The number of likely N-dealkylation sites (tertiary alicyclic amines) is 1. The van der Waals surface area contributed by atoms with Crippen molar-refractivity contribution in [3.8, 4) is 0 Å². The Balaban J connectivity index is 1.83. The van der Waals surface area contributed by atoms with Gasteiger partial charge in [0.25, 0.3) is 5.56 Å². The maximum Gasteiger partial charge on any atom is 0.262 e. The van der Waals surface area contributed by atoms with Gasteiger partial charge >= 0.3 is 0 Å². The fraction of sp³-hybridized carbons (Fsp3) is 0.400. The molecule has 6 heteroatoms. The zero-order valence-corrected chi connectivity index (χ0v) is 17.5. The normalized spacial score (nSPS) is 15.2. The average molecular weight is 432 g/mol. The van der Waals surface area contributed by atoms with Gasteiger partial charge in [0.05, 0.1) is 18.5 Å². The van der Waals surface area contributed by atoms with E-state index in [1.807, 2.05) is 23.6 Å². The molecule has 136 valence electrons. The Bertz CT molecular complexity index is 1000. The van der Waals surface area contributed by atoms with E-state index in [9.17, 15) is 4.79 Å². The minimum atomic E-state index is 0.0916. The molecule has 0 aliphatic carbocycles. The van der Waals surface area contributed by atoms with Gasteiger partial charge in [0.1, 0.15) is 10.7 Å². The maximum atomic E-state index is 13.3. The molecule has 26 heavy (non-hydrogen) atoms. The zero-order chi connectivity index (χ0) is 18.3. The van der Waals surface area contributed by atoms with Crippen LogP contribution >= 0.6 is 27.3 Å². The van der Waals surface area contributed by atoms with Crippen LogP contribution in [0.3, 0.4) is 0 Å². The summed E-state index contributed by atoms with van der Waals surface area (Å²) in [5.74, 6) is 0.883. The summed E-state index contributed by atoms with van der Waals surface area (Å²) in [6, 6.07) is 8.16. The van der Waals surface area contributed by atoms with Gasteiger partial charge in [-0.2, -0.15) is 0 Å². The summed E-state index contributed by atoms with van der Waals surface area (Å²) in [4.78, 5) is 22.7. The number of rotatable bonds is 4. The molecule has 0 unspecified atom stereocenters. The highest BCUT2D eigenvalue weighted by Gasteiger charge is 2.20. The van der Waals surface area contributed by atoms with Crippen LogP contribution in [0, 0.1) is 13.8 Å². The summed E-state index contributed by atoms with van der Waals surface area (Å²) in [5.41, 5.74) is 2.28. The first-order valence-corrected chi connectivity index (χ1v) is 10.6. The first-order chi connectivity index (χ1) is 12.5. The van der Waals surface area contributed by atoms with Crippen molar-refractivity contribution in [2.45, 2.75) is 39.8 Å². The number of thiophene rings is 1. The van der Waals surface area contributed by atoms with E-state index in [1.165, 1.54) is 17.7 Å². The molecule has 1 aliphatic heterocycles. The smallest absolute Gasteiger partial charge is 0.262 e. The Kier molecular flexibility index (Phi) is 4.99. The summed E-state index contributed by atoms with van der Waals surface area (Å²) >= 11 is 5.11. The largest absolute Gasteiger partial charge is 0.296 e. The lowest BCUT2D eigenvalue weighted by molar-refractivity contribution is 0.315. The summed E-state index contributed by atoms with van der Waals surface area (Å²) < 4.78 is 2.92. The van der Waals surface area contributed by atoms with Crippen molar-refractivity contribution in [1.82, 2.24) is 14.5 Å². The third kappa shape index (κ3) is 3.38. The Morgan fingerprint density at radius 2 is 1.81 bits per heavy atom. The molecule has 1 fully saturated rings. The Morgan fingerprint density at radius 3 is 2.50 bits per heavy atom. The topological polar surface area (TPSA) is 38.1 Å². The lowest BCUT2D eigenvalue weighted by Gasteiger charge is -2.18. The van der Waals surface area contributed by atoms with E-state index in [-0.39, 0.29) is 5.56 Å². The molecule has 1 aromatic carbocycles. The monoisotopic (exact) mass is 431 g/mol. The minimum absolute atomic E-state index is 0.0916. The Hall–Kier alpha value is -1.50. The van der Waals surface area contributed by atoms with E-state index < -0.39 is 0 Å². The molecule has 0 bridgehead atoms. The molecule has 0 saturated carbocycles. The molecular formula is C20H22BrN3OS. The second-order valence-corrected chi connectivity index (χ2v) is 9.11. The van der Waals surface area contributed by atoms with Crippen LogP contribution in [0.1, 0.15) is 34.7 Å². The highest BCUT2D eigenvalue weighted by molar-refractivity contribution is 9.10. The van der Waals surface area contributed by atoms with Crippen molar-refractivity contribution in [1.29, 1.82) is 0 Å². The minimum Gasteiger partial charge on any atom is -0.296 e. The number of fused-ring (bicyclic) bond motifs is 1. The lowest BCUT2D eigenvalue weighted by Crippen LogP contribution is -2.30. The Morgan fingerprint density at radius 1 is 1.12 bits per heavy atom. The second-order valence-electron chi connectivity index (χ2n) is 6.99. The van der Waals surface area contributed by atoms with Crippen LogP contribution in [0.5, 0.6) is 0 Å². The summed E-state index contributed by atoms with van der Waals surface area (Å²) in [7, 11) is 0. The van der Waals surface area contributed by atoms with Crippen molar-refractivity contribution in [2.24, 2.45) is 0 Å². The molecule has 0 atom stereocenters. The predicted octanol–water partition coefficient (Wildman–Crippen LogP) is 4.48. The number of hydrogen-bond donors (Lipinski definition) is 0. The van der Waals surface area contributed by atoms with Gasteiger partial charge in [-0.25, -0.2) is 4.98 Å². The number of aryl methyl sites for hydroxylation is 2. The van der Waals surface area contributed by atoms with Gasteiger partial charge in [0, 0.05) is 9.35 Å². The molecule has 0 amide bonds. The highest BCUT2D eigenvalue weighted by atomic mass is 79.9. The number of benzene rings is 1. The van der Waals surface area contributed by atoms with Gasteiger partial charge < -0.3 is 0 Å².